The van der Waals surface area contributed by atoms with E-state index in [-0.39, 0.29) is 0 Å². The van der Waals surface area contributed by atoms with Crippen LogP contribution >= 0.6 is 0 Å². The summed E-state index contributed by atoms with van der Waals surface area (Å²) >= 11 is 0. The second-order valence-corrected chi connectivity index (χ2v) is 4.49. The quantitative estimate of drug-likeness (QED) is 0.554. The van der Waals surface area contributed by atoms with E-state index in [0.717, 1.165) is 19.3 Å². The van der Waals surface area contributed by atoms with Gasteiger partial charge in [-0.3, -0.25) is 4.79 Å². The summed E-state index contributed by atoms with van der Waals surface area (Å²) in [7, 11) is 0. The third kappa shape index (κ3) is 4.25. The number of benzene rings is 2. The zero-order chi connectivity index (χ0) is 13.3. The van der Waals surface area contributed by atoms with Crippen LogP contribution in [0.5, 0.6) is 0 Å². The minimum atomic E-state index is 0.509. The van der Waals surface area contributed by atoms with Gasteiger partial charge in [-0.15, -0.1) is 0 Å². The molecule has 19 heavy (non-hydrogen) atoms. The van der Waals surface area contributed by atoms with Gasteiger partial charge in [-0.2, -0.15) is 0 Å². The minimum absolute atomic E-state index is 0.509. The highest BCUT2D eigenvalue weighted by Crippen LogP contribution is 2.19. The monoisotopic (exact) mass is 254 g/mol. The van der Waals surface area contributed by atoms with Gasteiger partial charge in [-0.05, 0) is 36.0 Å². The second kappa shape index (κ2) is 7.37. The van der Waals surface area contributed by atoms with Gasteiger partial charge in [-0.25, -0.2) is 0 Å². The molecule has 0 amide bonds. The summed E-state index contributed by atoms with van der Waals surface area (Å²) in [6, 6.07) is 19.0. The van der Waals surface area contributed by atoms with Crippen molar-refractivity contribution in [1.29, 1.82) is 0 Å². The number of ether oxygens (including phenoxy) is 1. The van der Waals surface area contributed by atoms with Crippen LogP contribution in [0.4, 0.5) is 0 Å². The van der Waals surface area contributed by atoms with Crippen molar-refractivity contribution < 1.29 is 9.53 Å². The van der Waals surface area contributed by atoms with Gasteiger partial charge in [0.25, 0.3) is 6.47 Å². The molecule has 0 aromatic heterocycles. The maximum absolute atomic E-state index is 9.99. The maximum Gasteiger partial charge on any atom is 0.293 e. The molecule has 0 unspecified atom stereocenters. The number of rotatable bonds is 7. The number of carbonyl (C=O) groups is 1. The van der Waals surface area contributed by atoms with E-state index in [1.807, 2.05) is 6.07 Å². The summed E-state index contributed by atoms with van der Waals surface area (Å²) in [5, 5.41) is 0. The Hall–Kier alpha value is -2.09. The molecule has 0 saturated carbocycles. The third-order valence-electron chi connectivity index (χ3n) is 3.11. The van der Waals surface area contributed by atoms with Crippen LogP contribution in [0.1, 0.15) is 18.4 Å². The number of carbonyl (C=O) groups excluding carboxylic acids is 1. The smallest absolute Gasteiger partial charge is 0.293 e. The zero-order valence-corrected chi connectivity index (χ0v) is 10.9. The largest absolute Gasteiger partial charge is 0.468 e. The fourth-order valence-electron chi connectivity index (χ4n) is 2.06. The normalized spacial score (nSPS) is 10.1. The molecule has 2 heteroatoms. The topological polar surface area (TPSA) is 26.3 Å². The van der Waals surface area contributed by atoms with Crippen LogP contribution in [0.3, 0.4) is 0 Å². The highest BCUT2D eigenvalue weighted by atomic mass is 16.5. The summed E-state index contributed by atoms with van der Waals surface area (Å²) in [4.78, 5) is 9.99. The van der Waals surface area contributed by atoms with E-state index in [1.54, 1.807) is 0 Å². The van der Waals surface area contributed by atoms with Gasteiger partial charge >= 0.3 is 0 Å². The lowest BCUT2D eigenvalue weighted by atomic mass is 10.0. The molecule has 0 spiro atoms. The van der Waals surface area contributed by atoms with Gasteiger partial charge in [0.2, 0.25) is 0 Å². The van der Waals surface area contributed by atoms with Crippen LogP contribution < -0.4 is 0 Å². The van der Waals surface area contributed by atoms with Gasteiger partial charge in [0.15, 0.2) is 0 Å². The first-order chi connectivity index (χ1) is 9.40. The Labute approximate surface area is 114 Å². The van der Waals surface area contributed by atoms with Crippen LogP contribution in [0, 0.1) is 0 Å². The number of unbranched alkanes of at least 4 members (excludes halogenated alkanes) is 1. The van der Waals surface area contributed by atoms with Crippen molar-refractivity contribution in [2.45, 2.75) is 19.3 Å². The molecule has 2 nitrogen and oxygen atoms in total. The van der Waals surface area contributed by atoms with E-state index in [2.05, 4.69) is 53.3 Å². The molecule has 0 fully saturated rings. The van der Waals surface area contributed by atoms with Gasteiger partial charge in [0, 0.05) is 0 Å². The van der Waals surface area contributed by atoms with Crippen molar-refractivity contribution in [2.75, 3.05) is 6.61 Å². The molecule has 0 heterocycles. The predicted molar refractivity (Wildman–Crippen MR) is 76.8 cm³/mol. The SMILES string of the molecule is O=COCCCCc1ccc(-c2ccccc2)cc1. The molecule has 0 N–H and O–H groups in total. The van der Waals surface area contributed by atoms with E-state index >= 15 is 0 Å². The van der Waals surface area contributed by atoms with E-state index in [4.69, 9.17) is 0 Å². The zero-order valence-electron chi connectivity index (χ0n) is 10.9. The van der Waals surface area contributed by atoms with E-state index in [1.165, 1.54) is 16.7 Å². The Kier molecular flexibility index (Phi) is 5.17. The number of hydrogen-bond acceptors (Lipinski definition) is 2. The number of aryl methyl sites for hydroxylation is 1. The van der Waals surface area contributed by atoms with Gasteiger partial charge in [0.05, 0.1) is 6.61 Å². The lowest BCUT2D eigenvalue weighted by Crippen LogP contribution is -1.93. The van der Waals surface area contributed by atoms with Crippen LogP contribution in [0.15, 0.2) is 54.6 Å². The summed E-state index contributed by atoms with van der Waals surface area (Å²) in [6.45, 7) is 1.03. The highest BCUT2D eigenvalue weighted by molar-refractivity contribution is 5.63. The molecule has 0 atom stereocenters. The van der Waals surface area contributed by atoms with E-state index in [0.29, 0.717) is 13.1 Å². The van der Waals surface area contributed by atoms with E-state index in [9.17, 15) is 4.79 Å². The first-order valence-electron chi connectivity index (χ1n) is 6.60. The Morgan fingerprint density at radius 3 is 2.21 bits per heavy atom. The molecular weight excluding hydrogens is 236 g/mol. The van der Waals surface area contributed by atoms with Gasteiger partial charge in [-0.1, -0.05) is 54.6 Å². The summed E-state index contributed by atoms with van der Waals surface area (Å²) in [6.07, 6.45) is 2.98. The van der Waals surface area contributed by atoms with Crippen LogP contribution in [0.2, 0.25) is 0 Å². The lowest BCUT2D eigenvalue weighted by Gasteiger charge is -2.04. The van der Waals surface area contributed by atoms with Crippen LogP contribution in [-0.4, -0.2) is 13.1 Å². The Morgan fingerprint density at radius 1 is 0.842 bits per heavy atom. The molecule has 2 aromatic rings. The van der Waals surface area contributed by atoms with Crippen molar-refractivity contribution >= 4 is 6.47 Å². The summed E-state index contributed by atoms with van der Waals surface area (Å²) < 4.78 is 4.67. The molecular formula is C17H18O2. The molecule has 98 valence electrons. The minimum Gasteiger partial charge on any atom is -0.468 e. The predicted octanol–water partition coefficient (Wildman–Crippen LogP) is 3.85. The maximum atomic E-state index is 9.99. The average Bonchev–Trinajstić information content (AvgIpc) is 2.49. The van der Waals surface area contributed by atoms with Gasteiger partial charge < -0.3 is 4.74 Å². The Balaban J connectivity index is 1.87. The lowest BCUT2D eigenvalue weighted by molar-refractivity contribution is -0.128. The molecule has 2 rings (SSSR count). The highest BCUT2D eigenvalue weighted by Gasteiger charge is 1.98. The Morgan fingerprint density at radius 2 is 1.53 bits per heavy atom. The van der Waals surface area contributed by atoms with Crippen molar-refractivity contribution in [3.63, 3.8) is 0 Å². The molecule has 0 aliphatic rings. The standard InChI is InChI=1S/C17H18O2/c18-14-19-13-5-4-6-15-9-11-17(12-10-15)16-7-2-1-3-8-16/h1-3,7-12,14H,4-6,13H2. The summed E-state index contributed by atoms with van der Waals surface area (Å²) in [5.74, 6) is 0. The first-order valence-corrected chi connectivity index (χ1v) is 6.60. The van der Waals surface area contributed by atoms with Gasteiger partial charge in [0.1, 0.15) is 0 Å². The van der Waals surface area contributed by atoms with Crippen molar-refractivity contribution in [3.8, 4) is 11.1 Å². The van der Waals surface area contributed by atoms with Crippen molar-refractivity contribution in [2.24, 2.45) is 0 Å². The molecule has 2 aromatic carbocycles. The van der Waals surface area contributed by atoms with Crippen LogP contribution in [0.25, 0.3) is 11.1 Å². The third-order valence-corrected chi connectivity index (χ3v) is 3.11. The molecule has 0 bridgehead atoms. The molecule has 0 saturated heterocycles. The Bertz CT molecular complexity index is 488. The van der Waals surface area contributed by atoms with Crippen molar-refractivity contribution in [1.82, 2.24) is 0 Å². The average molecular weight is 254 g/mol. The fraction of sp³-hybridized carbons (Fsp3) is 0.235. The second-order valence-electron chi connectivity index (χ2n) is 4.49. The van der Waals surface area contributed by atoms with E-state index < -0.39 is 0 Å². The summed E-state index contributed by atoms with van der Waals surface area (Å²) in [5.41, 5.74) is 3.81. The van der Waals surface area contributed by atoms with Crippen molar-refractivity contribution in [3.05, 3.63) is 60.2 Å². The first kappa shape index (κ1) is 13.3. The molecule has 0 radical (unpaired) electrons. The molecule has 0 aliphatic carbocycles. The number of hydrogen-bond donors (Lipinski definition) is 0. The fourth-order valence-corrected chi connectivity index (χ4v) is 2.06. The molecule has 0 aliphatic heterocycles. The van der Waals surface area contributed by atoms with Crippen LogP contribution in [-0.2, 0) is 16.0 Å².